The van der Waals surface area contributed by atoms with Crippen LogP contribution in [0.3, 0.4) is 0 Å². The summed E-state index contributed by atoms with van der Waals surface area (Å²) in [6.07, 6.45) is 7.12. The zero-order valence-corrected chi connectivity index (χ0v) is 10.7. The lowest BCUT2D eigenvalue weighted by Crippen LogP contribution is -2.48. The summed E-state index contributed by atoms with van der Waals surface area (Å²) in [5, 5.41) is 4.98. The Morgan fingerprint density at radius 3 is 2.84 bits per heavy atom. The maximum atomic E-state index is 12.3. The van der Waals surface area contributed by atoms with Crippen molar-refractivity contribution in [3.63, 3.8) is 0 Å². The van der Waals surface area contributed by atoms with Gasteiger partial charge >= 0.3 is 0 Å². The Hall–Kier alpha value is -1.94. The molecule has 2 aromatic rings. The summed E-state index contributed by atoms with van der Waals surface area (Å²) in [6.45, 7) is 0. The molecule has 0 saturated heterocycles. The monoisotopic (exact) mass is 255 g/mol. The van der Waals surface area contributed by atoms with Gasteiger partial charge < -0.3 is 11.1 Å². The smallest absolute Gasteiger partial charge is 0.244 e. The maximum absolute atomic E-state index is 12.3. The first-order valence-electron chi connectivity index (χ1n) is 6.62. The van der Waals surface area contributed by atoms with Crippen LogP contribution in [-0.4, -0.2) is 16.4 Å². The number of rotatable bonds is 2. The molecule has 0 spiro atoms. The molecule has 1 fully saturated rings. The van der Waals surface area contributed by atoms with Crippen molar-refractivity contribution in [2.24, 2.45) is 5.73 Å². The summed E-state index contributed by atoms with van der Waals surface area (Å²) in [4.78, 5) is 16.4. The molecule has 1 aliphatic carbocycles. The van der Waals surface area contributed by atoms with E-state index >= 15 is 0 Å². The van der Waals surface area contributed by atoms with Crippen LogP contribution in [0, 0.1) is 0 Å². The first-order valence-corrected chi connectivity index (χ1v) is 6.62. The second kappa shape index (κ2) is 4.63. The van der Waals surface area contributed by atoms with Gasteiger partial charge in [-0.05, 0) is 25.0 Å². The van der Waals surface area contributed by atoms with Gasteiger partial charge in [-0.25, -0.2) is 0 Å². The summed E-state index contributed by atoms with van der Waals surface area (Å²) >= 11 is 0. The third-order valence-electron chi connectivity index (χ3n) is 3.88. The Labute approximate surface area is 112 Å². The van der Waals surface area contributed by atoms with Crippen molar-refractivity contribution in [1.82, 2.24) is 4.98 Å². The summed E-state index contributed by atoms with van der Waals surface area (Å²) in [5.41, 5.74) is 6.28. The maximum Gasteiger partial charge on any atom is 0.244 e. The Kier molecular flexibility index (Phi) is 2.95. The highest BCUT2D eigenvalue weighted by atomic mass is 16.2. The van der Waals surface area contributed by atoms with Crippen molar-refractivity contribution >= 4 is 22.4 Å². The number of benzene rings is 1. The topological polar surface area (TPSA) is 68.0 Å². The molecule has 98 valence electrons. The number of anilines is 1. The number of hydrogen-bond donors (Lipinski definition) is 2. The van der Waals surface area contributed by atoms with Crippen molar-refractivity contribution < 1.29 is 4.79 Å². The molecule has 3 N–H and O–H groups in total. The number of hydrogen-bond acceptors (Lipinski definition) is 3. The molecule has 3 rings (SSSR count). The predicted molar refractivity (Wildman–Crippen MR) is 75.8 cm³/mol. The van der Waals surface area contributed by atoms with Crippen molar-refractivity contribution in [2.45, 2.75) is 31.2 Å². The molecule has 1 aromatic heterocycles. The van der Waals surface area contributed by atoms with Gasteiger partial charge in [0.05, 0.1) is 5.54 Å². The van der Waals surface area contributed by atoms with E-state index in [-0.39, 0.29) is 5.91 Å². The molecule has 0 radical (unpaired) electrons. The van der Waals surface area contributed by atoms with Crippen LogP contribution >= 0.6 is 0 Å². The largest absolute Gasteiger partial charge is 0.324 e. The zero-order valence-electron chi connectivity index (χ0n) is 10.7. The number of nitrogens with zero attached hydrogens (tertiary/aromatic N) is 1. The molecule has 0 unspecified atom stereocenters. The van der Waals surface area contributed by atoms with Crippen LogP contribution in [0.2, 0.25) is 0 Å². The van der Waals surface area contributed by atoms with Gasteiger partial charge in [0.1, 0.15) is 0 Å². The van der Waals surface area contributed by atoms with E-state index in [4.69, 9.17) is 5.73 Å². The Morgan fingerprint density at radius 2 is 2.05 bits per heavy atom. The highest BCUT2D eigenvalue weighted by Gasteiger charge is 2.37. The lowest BCUT2D eigenvalue weighted by molar-refractivity contribution is -0.120. The highest BCUT2D eigenvalue weighted by molar-refractivity contribution is 6.05. The summed E-state index contributed by atoms with van der Waals surface area (Å²) < 4.78 is 0. The normalized spacial score (nSPS) is 17.5. The molecule has 1 heterocycles. The fourth-order valence-corrected chi connectivity index (χ4v) is 2.71. The standard InChI is InChI=1S/C15H17N3O/c16-15(7-1-2-8-15)14(19)18-13-5-3-4-11-10-17-9-6-12(11)13/h3-6,9-10H,1-2,7-8,16H2,(H,18,19). The molecular formula is C15H17N3O. The van der Waals surface area contributed by atoms with E-state index in [2.05, 4.69) is 10.3 Å². The summed E-state index contributed by atoms with van der Waals surface area (Å²) in [6, 6.07) is 7.70. The lowest BCUT2D eigenvalue weighted by atomic mass is 9.98. The second-order valence-corrected chi connectivity index (χ2v) is 5.22. The van der Waals surface area contributed by atoms with Crippen molar-refractivity contribution in [3.8, 4) is 0 Å². The van der Waals surface area contributed by atoms with Gasteiger partial charge in [0, 0.05) is 28.9 Å². The molecule has 1 aliphatic rings. The molecule has 0 aliphatic heterocycles. The number of nitrogens with one attached hydrogen (secondary N) is 1. The minimum absolute atomic E-state index is 0.0747. The Morgan fingerprint density at radius 1 is 1.26 bits per heavy atom. The zero-order chi connectivity index (χ0) is 13.3. The molecule has 0 bridgehead atoms. The number of aromatic nitrogens is 1. The Balaban J connectivity index is 1.91. The average Bonchev–Trinajstić information content (AvgIpc) is 2.87. The van der Waals surface area contributed by atoms with Crippen LogP contribution in [0.15, 0.2) is 36.7 Å². The van der Waals surface area contributed by atoms with E-state index in [0.29, 0.717) is 0 Å². The van der Waals surface area contributed by atoms with E-state index in [0.717, 1.165) is 42.1 Å². The van der Waals surface area contributed by atoms with E-state index < -0.39 is 5.54 Å². The number of carbonyl (C=O) groups is 1. The molecule has 1 aromatic carbocycles. The van der Waals surface area contributed by atoms with Gasteiger partial charge in [0.2, 0.25) is 5.91 Å². The number of amides is 1. The Bertz CT molecular complexity index is 612. The van der Waals surface area contributed by atoms with Gasteiger partial charge in [-0.2, -0.15) is 0 Å². The third-order valence-corrected chi connectivity index (χ3v) is 3.88. The first-order chi connectivity index (χ1) is 9.19. The van der Waals surface area contributed by atoms with Gasteiger partial charge in [-0.15, -0.1) is 0 Å². The van der Waals surface area contributed by atoms with Crippen LogP contribution in [-0.2, 0) is 4.79 Å². The van der Waals surface area contributed by atoms with Crippen LogP contribution < -0.4 is 11.1 Å². The molecule has 0 atom stereocenters. The SMILES string of the molecule is NC1(C(=O)Nc2cccc3cnccc23)CCCC1. The highest BCUT2D eigenvalue weighted by Crippen LogP contribution is 2.29. The van der Waals surface area contributed by atoms with E-state index in [1.807, 2.05) is 24.3 Å². The number of fused-ring (bicyclic) bond motifs is 1. The molecular weight excluding hydrogens is 238 g/mol. The van der Waals surface area contributed by atoms with Crippen LogP contribution in [0.1, 0.15) is 25.7 Å². The molecule has 4 nitrogen and oxygen atoms in total. The fraction of sp³-hybridized carbons (Fsp3) is 0.333. The van der Waals surface area contributed by atoms with E-state index in [9.17, 15) is 4.79 Å². The number of carbonyl (C=O) groups excluding carboxylic acids is 1. The van der Waals surface area contributed by atoms with Gasteiger partial charge in [-0.3, -0.25) is 9.78 Å². The van der Waals surface area contributed by atoms with Crippen molar-refractivity contribution in [2.75, 3.05) is 5.32 Å². The quantitative estimate of drug-likeness (QED) is 0.866. The molecule has 19 heavy (non-hydrogen) atoms. The minimum atomic E-state index is -0.699. The van der Waals surface area contributed by atoms with Crippen molar-refractivity contribution in [1.29, 1.82) is 0 Å². The second-order valence-electron chi connectivity index (χ2n) is 5.22. The summed E-state index contributed by atoms with van der Waals surface area (Å²) in [5.74, 6) is -0.0747. The van der Waals surface area contributed by atoms with E-state index in [1.165, 1.54) is 0 Å². The van der Waals surface area contributed by atoms with E-state index in [1.54, 1.807) is 12.4 Å². The van der Waals surface area contributed by atoms with Crippen LogP contribution in [0.5, 0.6) is 0 Å². The van der Waals surface area contributed by atoms with Crippen LogP contribution in [0.4, 0.5) is 5.69 Å². The van der Waals surface area contributed by atoms with Crippen molar-refractivity contribution in [3.05, 3.63) is 36.7 Å². The number of nitrogens with two attached hydrogens (primary N) is 1. The third kappa shape index (κ3) is 2.19. The van der Waals surface area contributed by atoms with Gasteiger partial charge in [0.25, 0.3) is 0 Å². The van der Waals surface area contributed by atoms with Gasteiger partial charge in [0.15, 0.2) is 0 Å². The predicted octanol–water partition coefficient (Wildman–Crippen LogP) is 2.44. The summed E-state index contributed by atoms with van der Waals surface area (Å²) in [7, 11) is 0. The van der Waals surface area contributed by atoms with Gasteiger partial charge in [-0.1, -0.05) is 25.0 Å². The number of pyridine rings is 1. The minimum Gasteiger partial charge on any atom is -0.324 e. The van der Waals surface area contributed by atoms with Crippen LogP contribution in [0.25, 0.3) is 10.8 Å². The average molecular weight is 255 g/mol. The molecule has 1 saturated carbocycles. The lowest BCUT2D eigenvalue weighted by Gasteiger charge is -2.22. The molecule has 4 heteroatoms. The first kappa shape index (κ1) is 12.1. The molecule has 1 amide bonds. The fourth-order valence-electron chi connectivity index (χ4n) is 2.71.